The van der Waals surface area contributed by atoms with Crippen LogP contribution in [0.1, 0.15) is 51.2 Å². The van der Waals surface area contributed by atoms with Gasteiger partial charge in [-0.25, -0.2) is 4.98 Å². The molecule has 4 aromatic carbocycles. The van der Waals surface area contributed by atoms with Crippen molar-refractivity contribution in [1.82, 2.24) is 14.5 Å². The maximum atomic E-state index is 6.31. The highest BCUT2D eigenvalue weighted by atomic mass is 16.5. The molecule has 5 aromatic rings. The molecule has 0 aliphatic carbocycles. The van der Waals surface area contributed by atoms with Crippen LogP contribution < -0.4 is 14.2 Å². The molecule has 1 aromatic heterocycles. The van der Waals surface area contributed by atoms with Crippen LogP contribution in [0.5, 0.6) is 17.2 Å². The van der Waals surface area contributed by atoms with Crippen molar-refractivity contribution in [3.63, 3.8) is 0 Å². The second-order valence-electron chi connectivity index (χ2n) is 11.1. The van der Waals surface area contributed by atoms with Gasteiger partial charge in [-0.15, -0.1) is 0 Å². The molecular weight excluding hydrogens is 546 g/mol. The molecular formula is C38H45N3O3. The van der Waals surface area contributed by atoms with Gasteiger partial charge < -0.3 is 23.7 Å². The lowest BCUT2D eigenvalue weighted by atomic mass is 10.1. The van der Waals surface area contributed by atoms with Crippen molar-refractivity contribution in [3.8, 4) is 28.6 Å². The Balaban J connectivity index is 1.44. The molecule has 44 heavy (non-hydrogen) atoms. The molecule has 0 spiro atoms. The van der Waals surface area contributed by atoms with E-state index in [9.17, 15) is 0 Å². The molecule has 0 aliphatic heterocycles. The van der Waals surface area contributed by atoms with Crippen LogP contribution in [0.2, 0.25) is 0 Å². The minimum Gasteiger partial charge on any atom is -0.493 e. The summed E-state index contributed by atoms with van der Waals surface area (Å²) in [5.41, 5.74) is 5.23. The van der Waals surface area contributed by atoms with Gasteiger partial charge in [0.25, 0.3) is 0 Å². The topological polar surface area (TPSA) is 48.8 Å². The van der Waals surface area contributed by atoms with Gasteiger partial charge in [-0.3, -0.25) is 0 Å². The summed E-state index contributed by atoms with van der Waals surface area (Å²) in [6.07, 6.45) is 3.14. The summed E-state index contributed by atoms with van der Waals surface area (Å²) in [5.74, 6) is 3.29. The van der Waals surface area contributed by atoms with Crippen LogP contribution >= 0.6 is 0 Å². The lowest BCUT2D eigenvalue weighted by Crippen LogP contribution is -2.25. The van der Waals surface area contributed by atoms with E-state index >= 15 is 0 Å². The predicted molar refractivity (Wildman–Crippen MR) is 180 cm³/mol. The average molecular weight is 592 g/mol. The summed E-state index contributed by atoms with van der Waals surface area (Å²) in [6, 6.07) is 32.8. The highest BCUT2D eigenvalue weighted by Gasteiger charge is 2.16. The Morgan fingerprint density at radius 3 is 1.89 bits per heavy atom. The Hall–Kier alpha value is -4.29. The van der Waals surface area contributed by atoms with Crippen LogP contribution in [-0.4, -0.2) is 40.7 Å². The third kappa shape index (κ3) is 8.42. The van der Waals surface area contributed by atoms with E-state index in [-0.39, 0.29) is 0 Å². The summed E-state index contributed by atoms with van der Waals surface area (Å²) in [6.45, 7) is 12.3. The molecule has 6 nitrogen and oxygen atoms in total. The Morgan fingerprint density at radius 1 is 0.659 bits per heavy atom. The first kappa shape index (κ1) is 31.1. The number of nitrogens with zero attached hydrogens (tertiary/aromatic N) is 3. The normalized spacial score (nSPS) is 11.3. The average Bonchev–Trinajstić information content (AvgIpc) is 3.44. The number of rotatable bonds is 17. The van der Waals surface area contributed by atoms with E-state index in [1.165, 1.54) is 0 Å². The van der Waals surface area contributed by atoms with Crippen molar-refractivity contribution in [2.24, 2.45) is 0 Å². The summed E-state index contributed by atoms with van der Waals surface area (Å²) >= 11 is 0. The molecule has 0 unspecified atom stereocenters. The molecule has 0 N–H and O–H groups in total. The van der Waals surface area contributed by atoms with Gasteiger partial charge in [0.15, 0.2) is 0 Å². The zero-order valence-corrected chi connectivity index (χ0v) is 26.4. The van der Waals surface area contributed by atoms with Gasteiger partial charge in [0, 0.05) is 30.8 Å². The van der Waals surface area contributed by atoms with Gasteiger partial charge in [-0.1, -0.05) is 87.9 Å². The van der Waals surface area contributed by atoms with Gasteiger partial charge in [-0.05, 0) is 61.3 Å². The fourth-order valence-electron chi connectivity index (χ4n) is 5.32. The van der Waals surface area contributed by atoms with Gasteiger partial charge in [0.1, 0.15) is 36.3 Å². The zero-order chi connectivity index (χ0) is 30.6. The van der Waals surface area contributed by atoms with Crippen molar-refractivity contribution in [2.45, 2.75) is 59.8 Å². The van der Waals surface area contributed by atoms with E-state index in [1.807, 2.05) is 48.5 Å². The molecule has 0 atom stereocenters. The molecule has 230 valence electrons. The number of imidazole rings is 1. The number of hydrogen-bond acceptors (Lipinski definition) is 5. The molecule has 0 aliphatic rings. The van der Waals surface area contributed by atoms with Gasteiger partial charge in [0.2, 0.25) is 0 Å². The third-order valence-corrected chi connectivity index (χ3v) is 7.87. The Morgan fingerprint density at radius 2 is 1.30 bits per heavy atom. The first-order valence-corrected chi connectivity index (χ1v) is 16.0. The van der Waals surface area contributed by atoms with Crippen molar-refractivity contribution in [2.75, 3.05) is 26.2 Å². The lowest BCUT2D eigenvalue weighted by Gasteiger charge is -2.17. The molecule has 0 saturated carbocycles. The maximum Gasteiger partial charge on any atom is 0.141 e. The fraction of sp³-hybridized carbons (Fsp3) is 0.342. The molecule has 0 radical (unpaired) electrons. The monoisotopic (exact) mass is 591 g/mol. The first-order valence-electron chi connectivity index (χ1n) is 16.0. The molecule has 0 fully saturated rings. The van der Waals surface area contributed by atoms with Crippen LogP contribution in [0.3, 0.4) is 0 Å². The van der Waals surface area contributed by atoms with E-state index in [4.69, 9.17) is 19.2 Å². The second kappa shape index (κ2) is 16.0. The third-order valence-electron chi connectivity index (χ3n) is 7.87. The van der Waals surface area contributed by atoms with Crippen molar-refractivity contribution in [3.05, 3.63) is 108 Å². The first-order chi connectivity index (χ1) is 21.7. The smallest absolute Gasteiger partial charge is 0.141 e. The molecule has 6 heteroatoms. The van der Waals surface area contributed by atoms with E-state index < -0.39 is 0 Å². The number of hydrogen-bond donors (Lipinski definition) is 0. The molecule has 0 bridgehead atoms. The Bertz CT molecular complexity index is 1520. The summed E-state index contributed by atoms with van der Waals surface area (Å²) in [4.78, 5) is 7.55. The number of benzene rings is 4. The highest BCUT2D eigenvalue weighted by Crippen LogP contribution is 2.34. The fourth-order valence-corrected chi connectivity index (χ4v) is 5.32. The Kier molecular flexibility index (Phi) is 11.3. The highest BCUT2D eigenvalue weighted by molar-refractivity contribution is 5.82. The van der Waals surface area contributed by atoms with Gasteiger partial charge in [0.05, 0.1) is 17.6 Å². The van der Waals surface area contributed by atoms with Crippen molar-refractivity contribution in [1.29, 1.82) is 0 Å². The number of unbranched alkanes of at least 4 members (excludes halogenated alkanes) is 1. The maximum absolute atomic E-state index is 6.31. The van der Waals surface area contributed by atoms with Gasteiger partial charge in [-0.2, -0.15) is 0 Å². The van der Waals surface area contributed by atoms with Crippen LogP contribution in [-0.2, 0) is 19.8 Å². The minimum absolute atomic E-state index is 0.476. The SMILES string of the molecule is CCCCn1c(-c2cc(OCc3ccccc3)cc(OCc3ccccc3)c2)nc2ccc(OCCCN(CC)CC)cc21. The van der Waals surface area contributed by atoms with Crippen LogP contribution in [0.4, 0.5) is 0 Å². The Labute approximate surface area is 262 Å². The number of aromatic nitrogens is 2. The number of fused-ring (bicyclic) bond motifs is 1. The van der Waals surface area contributed by atoms with E-state index in [0.717, 1.165) is 96.2 Å². The number of aryl methyl sites for hydroxylation is 1. The lowest BCUT2D eigenvalue weighted by molar-refractivity contribution is 0.249. The summed E-state index contributed by atoms with van der Waals surface area (Å²) in [5, 5.41) is 0. The van der Waals surface area contributed by atoms with E-state index in [0.29, 0.717) is 19.8 Å². The van der Waals surface area contributed by atoms with Crippen molar-refractivity contribution < 1.29 is 14.2 Å². The molecule has 0 amide bonds. The van der Waals surface area contributed by atoms with Crippen LogP contribution in [0, 0.1) is 0 Å². The standard InChI is InChI=1S/C38H45N3O3/c1-4-7-22-41-37-27-33(42-23-14-21-40(5-2)6-3)19-20-36(37)39-38(41)32-24-34(43-28-30-15-10-8-11-16-30)26-35(25-32)44-29-31-17-12-9-13-18-31/h8-13,15-20,24-27H,4-7,14,21-23,28-29H2,1-3H3. The molecule has 5 rings (SSSR count). The molecule has 0 saturated heterocycles. The van der Waals surface area contributed by atoms with E-state index in [1.54, 1.807) is 0 Å². The zero-order valence-electron chi connectivity index (χ0n) is 26.4. The molecule has 1 heterocycles. The van der Waals surface area contributed by atoms with Crippen LogP contribution in [0.15, 0.2) is 97.1 Å². The van der Waals surface area contributed by atoms with Crippen molar-refractivity contribution >= 4 is 11.0 Å². The van der Waals surface area contributed by atoms with Crippen LogP contribution in [0.25, 0.3) is 22.4 Å². The predicted octanol–water partition coefficient (Wildman–Crippen LogP) is 8.77. The second-order valence-corrected chi connectivity index (χ2v) is 11.1. The minimum atomic E-state index is 0.476. The van der Waals surface area contributed by atoms with E-state index in [2.05, 4.69) is 78.8 Å². The largest absolute Gasteiger partial charge is 0.493 e. The summed E-state index contributed by atoms with van der Waals surface area (Å²) < 4.78 is 21.1. The quantitative estimate of drug-likeness (QED) is 0.101. The number of ether oxygens (including phenoxy) is 3. The van der Waals surface area contributed by atoms with Gasteiger partial charge >= 0.3 is 0 Å². The summed E-state index contributed by atoms with van der Waals surface area (Å²) in [7, 11) is 0.